The van der Waals surface area contributed by atoms with Crippen LogP contribution in [0.3, 0.4) is 0 Å². The Morgan fingerprint density at radius 1 is 0.375 bits per heavy atom. The molecule has 572 valence electrons. The van der Waals surface area contributed by atoms with Crippen molar-refractivity contribution < 1.29 is 70.6 Å². The Labute approximate surface area is 655 Å². The third kappa shape index (κ3) is 17.5. The number of carbonyl (C=O) groups excluding carboxylic acids is 3. The van der Waals surface area contributed by atoms with E-state index in [2.05, 4.69) is 79.9 Å². The molecule has 0 aliphatic carbocycles. The van der Waals surface area contributed by atoms with Gasteiger partial charge in [-0.1, -0.05) is 46.4 Å². The molecule has 0 radical (unpaired) electrons. The number of rotatable bonds is 16. The predicted octanol–water partition coefficient (Wildman–Crippen LogP) is 11.4. The number of halogens is 7. The molecule has 0 saturated carbocycles. The summed E-state index contributed by atoms with van der Waals surface area (Å²) in [5, 5.41) is 33.7. The summed E-state index contributed by atoms with van der Waals surface area (Å²) in [6.45, 7) is 11.7. The number of carbonyl (C=O) groups is 3. The fourth-order valence-corrected chi connectivity index (χ4v) is 13.3. The summed E-state index contributed by atoms with van der Waals surface area (Å²) in [4.78, 5) is 72.2. The summed E-state index contributed by atoms with van der Waals surface area (Å²) in [5.74, 6) is -2.71. The summed E-state index contributed by atoms with van der Waals surface area (Å²) in [7, 11) is 0. The van der Waals surface area contributed by atoms with Crippen LogP contribution in [-0.4, -0.2) is 220 Å². The number of fused-ring (bicyclic) bond motifs is 3. The molecule has 6 aliphatic rings. The third-order valence-electron chi connectivity index (χ3n) is 18.7. The van der Waals surface area contributed by atoms with Gasteiger partial charge in [-0.3, -0.25) is 14.4 Å². The lowest BCUT2D eigenvalue weighted by Gasteiger charge is -2.29. The zero-order valence-corrected chi connectivity index (χ0v) is 62.1. The molecule has 1 N–H and O–H groups in total. The first-order valence-electron chi connectivity index (χ1n) is 35.3. The minimum Gasteiger partial charge on any atom is -0.468 e. The Balaban J connectivity index is 0.000000129. The molecule has 6 saturated heterocycles. The van der Waals surface area contributed by atoms with Crippen molar-refractivity contribution in [2.75, 3.05) is 133 Å². The first-order valence-corrected chi connectivity index (χ1v) is 36.8. The molecule has 0 bridgehead atoms. The van der Waals surface area contributed by atoms with Gasteiger partial charge in [0.15, 0.2) is 5.15 Å². The van der Waals surface area contributed by atoms with E-state index in [9.17, 15) is 14.4 Å². The van der Waals surface area contributed by atoms with Gasteiger partial charge in [0, 0.05) is 118 Å². The number of ether oxygens (including phenoxy) is 8. The molecular formula is C78H64Cl4F3N15O12. The van der Waals surface area contributed by atoms with Crippen molar-refractivity contribution >= 4 is 114 Å². The van der Waals surface area contributed by atoms with Crippen molar-refractivity contribution in [2.45, 2.75) is 18.3 Å². The van der Waals surface area contributed by atoms with E-state index in [4.69, 9.17) is 84.7 Å². The molecular weight excluding hydrogens is 1540 g/mol. The van der Waals surface area contributed by atoms with E-state index >= 15 is 13.2 Å². The molecule has 12 aromatic rings. The summed E-state index contributed by atoms with van der Waals surface area (Å²) in [6.07, 6.45) is 3.84. The van der Waals surface area contributed by atoms with E-state index in [1.165, 1.54) is 61.4 Å². The van der Waals surface area contributed by atoms with Crippen LogP contribution in [0.25, 0.3) is 66.5 Å². The Bertz CT molecular complexity index is 5260. The average Bonchev–Trinajstić information content (AvgIpc) is 0.779. The SMILES string of the molecule is O=C(c1ccc(Cl)nn1)c1cc(-c2ncnc3cc(N4CCOCC4)ccc23)c(F)cc1Cl.O=C(c1ccc(OC2COC2)nn1)c1cc(-c2ncnc3cc(N4CCOCC4)ccc23)c(F)cc1Cl.O=C(c1ccc(OC2COC2)nn1)c1cc(-c2ncnc3cc(N4CCOCC4)ccc23)c(F)cc1Cl.OC1COC1. The van der Waals surface area contributed by atoms with E-state index in [0.717, 1.165) is 74.5 Å². The third-order valence-corrected chi connectivity index (χ3v) is 19.8. The zero-order chi connectivity index (χ0) is 77.4. The molecule has 6 aromatic carbocycles. The minimum absolute atomic E-state index is 0.0343. The standard InChI is InChI=1S/2C26H21ClFN5O4.C23H16Cl2FN5O2.C3H6O2/c2*27-20-11-21(28)19(10-18(20)26(34)22-3-4-24(32-31-22)37-16-12-36-13-16)25-17-2-1-15(9-23(17)29-14-30-25)33-5-7-35-8-6-33;24-17-11-18(26)16(10-15(17)23(32)19-3-4-21(25)30-29-19)22-14-2-1-13(9-20(14)27-12-28-22)31-5-7-33-8-6-31;4-3-1-5-2-3/h2*1-4,9-11,14,16H,5-8,12-13H2;1-4,9-12H,5-8H2;3-4H,1-2H2. The second kappa shape index (κ2) is 34.9. The normalized spacial score (nSPS) is 15.8. The highest BCUT2D eigenvalue weighted by atomic mass is 35.5. The van der Waals surface area contributed by atoms with E-state index in [1.54, 1.807) is 12.1 Å². The molecule has 6 fully saturated rings. The number of hydrogen-bond acceptors (Lipinski definition) is 27. The maximum absolute atomic E-state index is 15.2. The van der Waals surface area contributed by atoms with Crippen LogP contribution >= 0.6 is 46.4 Å². The Hall–Kier alpha value is -10.7. The first-order chi connectivity index (χ1) is 54.5. The Morgan fingerprint density at radius 2 is 0.688 bits per heavy atom. The van der Waals surface area contributed by atoms with Crippen molar-refractivity contribution in [3.8, 4) is 45.5 Å². The summed E-state index contributed by atoms with van der Waals surface area (Å²) in [5.41, 5.74) is 6.90. The highest BCUT2D eigenvalue weighted by Crippen LogP contribution is 2.38. The lowest BCUT2D eigenvalue weighted by molar-refractivity contribution is -0.0936. The molecule has 0 amide bonds. The van der Waals surface area contributed by atoms with Gasteiger partial charge < -0.3 is 57.7 Å². The molecule has 34 heteroatoms. The van der Waals surface area contributed by atoms with Crippen LogP contribution in [0.15, 0.2) is 146 Å². The Morgan fingerprint density at radius 3 is 0.955 bits per heavy atom. The fourth-order valence-electron chi connectivity index (χ4n) is 12.5. The van der Waals surface area contributed by atoms with Crippen molar-refractivity contribution in [3.63, 3.8) is 0 Å². The van der Waals surface area contributed by atoms with Gasteiger partial charge in [-0.15, -0.1) is 30.6 Å². The maximum atomic E-state index is 15.2. The molecule has 0 unspecified atom stereocenters. The van der Waals surface area contributed by atoms with Crippen LogP contribution in [-0.2, 0) is 28.4 Å². The molecule has 0 spiro atoms. The monoisotopic (exact) mass is 1600 g/mol. The maximum Gasteiger partial charge on any atom is 0.233 e. The highest BCUT2D eigenvalue weighted by molar-refractivity contribution is 6.36. The number of ketones is 3. The van der Waals surface area contributed by atoms with E-state index in [1.807, 2.05) is 54.6 Å². The predicted molar refractivity (Wildman–Crippen MR) is 408 cm³/mol. The smallest absolute Gasteiger partial charge is 0.233 e. The van der Waals surface area contributed by atoms with Crippen LogP contribution in [0.1, 0.15) is 48.2 Å². The van der Waals surface area contributed by atoms with Gasteiger partial charge in [-0.25, -0.2) is 43.1 Å². The van der Waals surface area contributed by atoms with Crippen LogP contribution in [0.4, 0.5) is 30.2 Å². The van der Waals surface area contributed by atoms with Gasteiger partial charge in [0.1, 0.15) is 71.8 Å². The van der Waals surface area contributed by atoms with Crippen LogP contribution in [0, 0.1) is 17.5 Å². The highest BCUT2D eigenvalue weighted by Gasteiger charge is 2.29. The van der Waals surface area contributed by atoms with Gasteiger partial charge in [0.05, 0.1) is 128 Å². The molecule has 112 heavy (non-hydrogen) atoms. The van der Waals surface area contributed by atoms with Crippen molar-refractivity contribution in [3.05, 3.63) is 218 Å². The van der Waals surface area contributed by atoms with Crippen molar-refractivity contribution in [2.24, 2.45) is 0 Å². The molecule has 6 aromatic heterocycles. The number of nitrogens with zero attached hydrogens (tertiary/aromatic N) is 15. The minimum atomic E-state index is -0.601. The summed E-state index contributed by atoms with van der Waals surface area (Å²) < 4.78 is 87.5. The molecule has 18 rings (SSSR count). The Kier molecular flexibility index (Phi) is 23.9. The molecule has 0 atom stereocenters. The van der Waals surface area contributed by atoms with E-state index in [-0.39, 0.29) is 89.0 Å². The molecule has 6 aliphatic heterocycles. The molecule has 27 nitrogen and oxygen atoms in total. The number of anilines is 3. The van der Waals surface area contributed by atoms with Gasteiger partial charge in [0.2, 0.25) is 29.1 Å². The quantitative estimate of drug-likeness (QED) is 0.0879. The lowest BCUT2D eigenvalue weighted by Crippen LogP contribution is -2.38. The van der Waals surface area contributed by atoms with Crippen molar-refractivity contribution in [1.29, 1.82) is 0 Å². The average molecular weight is 1600 g/mol. The van der Waals surface area contributed by atoms with Crippen LogP contribution in [0.5, 0.6) is 11.8 Å². The van der Waals surface area contributed by atoms with E-state index < -0.39 is 34.8 Å². The number of aliphatic hydroxyl groups excluding tert-OH is 1. The topological polar surface area (TPSA) is 310 Å². The van der Waals surface area contributed by atoms with Crippen LogP contribution in [0.2, 0.25) is 20.2 Å². The number of aliphatic hydroxyl groups is 1. The number of morpholine rings is 3. The lowest BCUT2D eigenvalue weighted by atomic mass is 10.00. The number of aromatic nitrogens is 12. The van der Waals surface area contributed by atoms with Gasteiger partial charge >= 0.3 is 0 Å². The largest absolute Gasteiger partial charge is 0.468 e. The van der Waals surface area contributed by atoms with E-state index in [0.29, 0.717) is 141 Å². The summed E-state index contributed by atoms with van der Waals surface area (Å²) in [6, 6.07) is 33.8. The number of hydrogen-bond donors (Lipinski definition) is 1. The van der Waals surface area contributed by atoms with Crippen LogP contribution < -0.4 is 24.2 Å². The first kappa shape index (κ1) is 76.6. The summed E-state index contributed by atoms with van der Waals surface area (Å²) >= 11 is 24.5. The van der Waals surface area contributed by atoms with Gasteiger partial charge in [-0.2, -0.15) is 0 Å². The van der Waals surface area contributed by atoms with Gasteiger partial charge in [0.25, 0.3) is 0 Å². The second-order valence-corrected chi connectivity index (χ2v) is 27.6. The zero-order valence-electron chi connectivity index (χ0n) is 59.1. The fraction of sp³-hybridized carbons (Fsp3) is 0.269. The van der Waals surface area contributed by atoms with Gasteiger partial charge in [-0.05, 0) is 115 Å². The number of benzene rings is 6. The molecule has 12 heterocycles. The second-order valence-electron chi connectivity index (χ2n) is 26.0. The van der Waals surface area contributed by atoms with Crippen molar-refractivity contribution in [1.82, 2.24) is 60.5 Å².